The molecule has 0 spiro atoms. The molecule has 7 heteroatoms. The van der Waals surface area contributed by atoms with Crippen LogP contribution in [0.25, 0.3) is 0 Å². The number of thiazole rings is 1. The summed E-state index contributed by atoms with van der Waals surface area (Å²) in [5.74, 6) is 0. The van der Waals surface area contributed by atoms with Gasteiger partial charge in [0.15, 0.2) is 5.13 Å². The molecule has 1 heterocycles. The Balaban J connectivity index is 2.34. The molecule has 0 fully saturated rings. The highest BCUT2D eigenvalue weighted by Crippen LogP contribution is 2.25. The predicted molar refractivity (Wildman–Crippen MR) is 81.3 cm³/mol. The van der Waals surface area contributed by atoms with Crippen molar-refractivity contribution in [1.29, 1.82) is 0 Å². The van der Waals surface area contributed by atoms with E-state index in [9.17, 15) is 8.42 Å². The third-order valence-corrected chi connectivity index (χ3v) is 6.03. The molecule has 1 N–H and O–H groups in total. The summed E-state index contributed by atoms with van der Waals surface area (Å²) in [4.78, 5) is 5.42. The molecule has 0 amide bonds. The fraction of sp³-hybridized carbons (Fsp3) is 0.250. The molecule has 0 radical (unpaired) electrons. The number of hydrogen-bond donors (Lipinski definition) is 1. The Hall–Kier alpha value is -0.920. The third kappa shape index (κ3) is 3.16. The van der Waals surface area contributed by atoms with Gasteiger partial charge in [-0.1, -0.05) is 15.9 Å². The van der Waals surface area contributed by atoms with E-state index in [0.717, 1.165) is 20.6 Å². The highest BCUT2D eigenvalue weighted by molar-refractivity contribution is 9.10. The number of aryl methyl sites for hydroxylation is 3. The van der Waals surface area contributed by atoms with Crippen LogP contribution in [0.4, 0.5) is 5.13 Å². The highest BCUT2D eigenvalue weighted by atomic mass is 79.9. The van der Waals surface area contributed by atoms with Crippen molar-refractivity contribution in [2.45, 2.75) is 25.7 Å². The molecule has 0 aliphatic carbocycles. The van der Waals surface area contributed by atoms with Gasteiger partial charge in [0.1, 0.15) is 0 Å². The number of benzene rings is 1. The first-order valence-corrected chi connectivity index (χ1v) is 8.62. The summed E-state index contributed by atoms with van der Waals surface area (Å²) in [6.07, 6.45) is 0. The van der Waals surface area contributed by atoms with Gasteiger partial charge in [-0.2, -0.15) is 0 Å². The number of sulfonamides is 1. The van der Waals surface area contributed by atoms with Gasteiger partial charge in [-0.3, -0.25) is 4.72 Å². The van der Waals surface area contributed by atoms with Gasteiger partial charge in [-0.05, 0) is 44.5 Å². The molecule has 1 aromatic carbocycles. The Labute approximate surface area is 125 Å². The Kier molecular flexibility index (Phi) is 3.98. The second kappa shape index (κ2) is 5.22. The van der Waals surface area contributed by atoms with Crippen molar-refractivity contribution in [3.63, 3.8) is 0 Å². The Morgan fingerprint density at radius 2 is 1.95 bits per heavy atom. The van der Waals surface area contributed by atoms with E-state index in [4.69, 9.17) is 0 Å². The molecule has 0 saturated heterocycles. The number of aromatic nitrogens is 1. The molecule has 0 bridgehead atoms. The zero-order valence-electron chi connectivity index (χ0n) is 10.7. The predicted octanol–water partition coefficient (Wildman–Crippen LogP) is 3.63. The quantitative estimate of drug-likeness (QED) is 0.908. The lowest BCUT2D eigenvalue weighted by atomic mass is 10.2. The van der Waals surface area contributed by atoms with Crippen LogP contribution in [0.3, 0.4) is 0 Å². The second-order valence-electron chi connectivity index (χ2n) is 4.18. The van der Waals surface area contributed by atoms with Crippen LogP contribution in [0.2, 0.25) is 0 Å². The SMILES string of the molecule is Cc1cc(S(=O)(=O)Nc2nc(C)c(C)s2)ccc1Br. The zero-order chi connectivity index (χ0) is 14.2. The number of rotatable bonds is 3. The molecule has 2 rings (SSSR count). The minimum absolute atomic E-state index is 0.235. The largest absolute Gasteiger partial charge is 0.263 e. The van der Waals surface area contributed by atoms with Crippen LogP contribution in [-0.2, 0) is 10.0 Å². The van der Waals surface area contributed by atoms with Gasteiger partial charge in [0, 0.05) is 9.35 Å². The minimum atomic E-state index is -3.58. The summed E-state index contributed by atoms with van der Waals surface area (Å²) in [6, 6.07) is 4.91. The molecular formula is C12H13BrN2O2S2. The lowest BCUT2D eigenvalue weighted by molar-refractivity contribution is 0.601. The Morgan fingerprint density at radius 3 is 2.47 bits per heavy atom. The smallest absolute Gasteiger partial charge is 0.255 e. The van der Waals surface area contributed by atoms with Crippen LogP contribution in [0.15, 0.2) is 27.6 Å². The van der Waals surface area contributed by atoms with Crippen molar-refractivity contribution in [2.75, 3.05) is 4.72 Å². The van der Waals surface area contributed by atoms with E-state index in [1.807, 2.05) is 20.8 Å². The maximum Gasteiger partial charge on any atom is 0.263 e. The van der Waals surface area contributed by atoms with Gasteiger partial charge in [0.2, 0.25) is 0 Å². The van der Waals surface area contributed by atoms with Gasteiger partial charge >= 0.3 is 0 Å². The summed E-state index contributed by atoms with van der Waals surface area (Å²) < 4.78 is 27.8. The number of nitrogens with one attached hydrogen (secondary N) is 1. The normalized spacial score (nSPS) is 11.6. The zero-order valence-corrected chi connectivity index (χ0v) is 13.9. The van der Waals surface area contributed by atoms with E-state index in [1.165, 1.54) is 11.3 Å². The molecule has 102 valence electrons. The monoisotopic (exact) mass is 360 g/mol. The molecular weight excluding hydrogens is 348 g/mol. The first kappa shape index (κ1) is 14.5. The topological polar surface area (TPSA) is 59.1 Å². The molecule has 19 heavy (non-hydrogen) atoms. The van der Waals surface area contributed by atoms with Crippen molar-refractivity contribution >= 4 is 42.4 Å². The van der Waals surface area contributed by atoms with Crippen LogP contribution < -0.4 is 4.72 Å². The minimum Gasteiger partial charge on any atom is -0.255 e. The molecule has 2 aromatic rings. The molecule has 0 aliphatic rings. The Morgan fingerprint density at radius 1 is 1.26 bits per heavy atom. The van der Waals surface area contributed by atoms with Gasteiger partial charge in [-0.25, -0.2) is 13.4 Å². The number of anilines is 1. The van der Waals surface area contributed by atoms with Crippen molar-refractivity contribution < 1.29 is 8.42 Å². The van der Waals surface area contributed by atoms with Crippen molar-refractivity contribution in [3.05, 3.63) is 38.8 Å². The fourth-order valence-corrected chi connectivity index (χ4v) is 3.86. The molecule has 0 unspecified atom stereocenters. The van der Waals surface area contributed by atoms with Gasteiger partial charge in [0.25, 0.3) is 10.0 Å². The number of nitrogens with zero attached hydrogens (tertiary/aromatic N) is 1. The molecule has 0 saturated carbocycles. The van der Waals surface area contributed by atoms with E-state index < -0.39 is 10.0 Å². The number of halogens is 1. The van der Waals surface area contributed by atoms with E-state index in [0.29, 0.717) is 5.13 Å². The maximum atomic E-state index is 12.2. The first-order chi connectivity index (χ1) is 8.79. The summed E-state index contributed by atoms with van der Waals surface area (Å²) in [6.45, 7) is 5.61. The lowest BCUT2D eigenvalue weighted by Crippen LogP contribution is -2.13. The van der Waals surface area contributed by atoms with E-state index in [2.05, 4.69) is 25.6 Å². The van der Waals surface area contributed by atoms with Crippen molar-refractivity contribution in [3.8, 4) is 0 Å². The van der Waals surface area contributed by atoms with Crippen molar-refractivity contribution in [1.82, 2.24) is 4.98 Å². The van der Waals surface area contributed by atoms with E-state index in [1.54, 1.807) is 18.2 Å². The van der Waals surface area contributed by atoms with Crippen LogP contribution in [0.5, 0.6) is 0 Å². The Bertz CT molecular complexity index is 704. The average molecular weight is 361 g/mol. The number of hydrogen-bond acceptors (Lipinski definition) is 4. The van der Waals surface area contributed by atoms with Crippen LogP contribution in [0, 0.1) is 20.8 Å². The second-order valence-corrected chi connectivity index (χ2v) is 7.92. The average Bonchev–Trinajstić information content (AvgIpc) is 2.60. The van der Waals surface area contributed by atoms with Crippen LogP contribution in [-0.4, -0.2) is 13.4 Å². The van der Waals surface area contributed by atoms with Gasteiger partial charge in [-0.15, -0.1) is 11.3 Å². The van der Waals surface area contributed by atoms with E-state index >= 15 is 0 Å². The van der Waals surface area contributed by atoms with Gasteiger partial charge in [0.05, 0.1) is 10.6 Å². The summed E-state index contributed by atoms with van der Waals surface area (Å²) in [5, 5.41) is 0.399. The molecule has 1 aromatic heterocycles. The first-order valence-electron chi connectivity index (χ1n) is 5.52. The third-order valence-electron chi connectivity index (χ3n) is 2.69. The van der Waals surface area contributed by atoms with Gasteiger partial charge < -0.3 is 0 Å². The van der Waals surface area contributed by atoms with Crippen LogP contribution >= 0.6 is 27.3 Å². The maximum absolute atomic E-state index is 12.2. The summed E-state index contributed by atoms with van der Waals surface area (Å²) >= 11 is 4.68. The highest BCUT2D eigenvalue weighted by Gasteiger charge is 2.17. The summed E-state index contributed by atoms with van der Waals surface area (Å²) in [7, 11) is -3.58. The molecule has 4 nitrogen and oxygen atoms in total. The molecule has 0 aliphatic heterocycles. The van der Waals surface area contributed by atoms with E-state index in [-0.39, 0.29) is 4.90 Å². The standard InChI is InChI=1S/C12H13BrN2O2S2/c1-7-6-10(4-5-11(7)13)19(16,17)15-12-14-8(2)9(3)18-12/h4-6H,1-3H3,(H,14,15). The van der Waals surface area contributed by atoms with Crippen molar-refractivity contribution in [2.24, 2.45) is 0 Å². The molecule has 0 atom stereocenters. The summed E-state index contributed by atoms with van der Waals surface area (Å²) in [5.41, 5.74) is 1.71. The lowest BCUT2D eigenvalue weighted by Gasteiger charge is -2.06. The fourth-order valence-electron chi connectivity index (χ4n) is 1.47. The van der Waals surface area contributed by atoms with Crippen LogP contribution in [0.1, 0.15) is 16.1 Å².